The summed E-state index contributed by atoms with van der Waals surface area (Å²) < 4.78 is 100. The molecule has 0 aromatic rings. The van der Waals surface area contributed by atoms with E-state index in [4.69, 9.17) is 0 Å². The second-order valence-corrected chi connectivity index (χ2v) is 2.91. The average molecular weight is 244 g/mol. The molecule has 15 heavy (non-hydrogen) atoms. The van der Waals surface area contributed by atoms with Crippen LogP contribution in [-0.2, 0) is 4.74 Å². The van der Waals surface area contributed by atoms with Crippen molar-refractivity contribution in [2.24, 2.45) is 0 Å². The van der Waals surface area contributed by atoms with Gasteiger partial charge in [0.15, 0.2) is 0 Å². The maximum absolute atomic E-state index is 12.8. The van der Waals surface area contributed by atoms with Crippen LogP contribution in [0.2, 0.25) is 0 Å². The van der Waals surface area contributed by atoms with E-state index < -0.39 is 36.9 Å². The first-order valence-corrected chi connectivity index (χ1v) is 3.58. The van der Waals surface area contributed by atoms with Crippen molar-refractivity contribution in [3.05, 3.63) is 0 Å². The maximum atomic E-state index is 12.8. The van der Waals surface area contributed by atoms with Gasteiger partial charge in [0.25, 0.3) is 6.43 Å². The Morgan fingerprint density at radius 2 is 1.53 bits per heavy atom. The molecule has 0 saturated heterocycles. The summed E-state index contributed by atoms with van der Waals surface area (Å²) in [6.45, 7) is -1.89. The quantitative estimate of drug-likeness (QED) is 0.693. The van der Waals surface area contributed by atoms with Crippen LogP contribution in [0.3, 0.4) is 0 Å². The first-order chi connectivity index (χ1) is 6.57. The van der Waals surface area contributed by atoms with Crippen LogP contribution in [-0.4, -0.2) is 36.9 Å². The highest BCUT2D eigenvalue weighted by atomic mass is 19.3. The van der Waals surface area contributed by atoms with Crippen LogP contribution in [0.1, 0.15) is 0 Å². The summed E-state index contributed by atoms with van der Waals surface area (Å²) in [6, 6.07) is 0. The Morgan fingerprint density at radius 3 is 1.87 bits per heavy atom. The van der Waals surface area contributed by atoms with Crippen LogP contribution in [0.15, 0.2) is 0 Å². The molecule has 9 heteroatoms. The van der Waals surface area contributed by atoms with Gasteiger partial charge in [-0.25, -0.2) is 17.6 Å². The van der Waals surface area contributed by atoms with Gasteiger partial charge < -0.3 is 4.74 Å². The fourth-order valence-corrected chi connectivity index (χ4v) is 1.05. The molecule has 1 rings (SSSR count). The molecule has 0 aromatic carbocycles. The molecule has 2 unspecified atom stereocenters. The van der Waals surface area contributed by atoms with Gasteiger partial charge in [-0.15, -0.1) is 0 Å². The molecule has 1 saturated carbocycles. The highest BCUT2D eigenvalue weighted by Crippen LogP contribution is 2.61. The molecule has 0 spiro atoms. The Morgan fingerprint density at radius 1 is 1.07 bits per heavy atom. The van der Waals surface area contributed by atoms with Crippen LogP contribution in [0.5, 0.6) is 0 Å². The molecule has 0 N–H and O–H groups in total. The van der Waals surface area contributed by atoms with E-state index in [1.807, 2.05) is 0 Å². The third-order valence-electron chi connectivity index (χ3n) is 1.91. The number of alkyl halides is 8. The summed E-state index contributed by atoms with van der Waals surface area (Å²) in [6.07, 6.45) is -7.33. The number of hydrogen-bond acceptors (Lipinski definition) is 1. The Kier molecular flexibility index (Phi) is 2.65. The fraction of sp³-hybridized carbons (Fsp3) is 1.00. The van der Waals surface area contributed by atoms with Crippen LogP contribution in [0.25, 0.3) is 0 Å². The van der Waals surface area contributed by atoms with E-state index in [-0.39, 0.29) is 0 Å². The van der Waals surface area contributed by atoms with E-state index in [0.717, 1.165) is 0 Å². The topological polar surface area (TPSA) is 9.23 Å². The van der Waals surface area contributed by atoms with E-state index in [2.05, 4.69) is 4.74 Å². The van der Waals surface area contributed by atoms with Crippen molar-refractivity contribution < 1.29 is 39.9 Å². The maximum Gasteiger partial charge on any atom is 0.373 e. The van der Waals surface area contributed by atoms with Gasteiger partial charge in [-0.05, 0) is 0 Å². The standard InChI is InChI=1S/C6H4F8O/c7-2(8)1-15-5(12)3(9)4(10,11)6(5,13)14/h2-3H,1H2. The van der Waals surface area contributed by atoms with Gasteiger partial charge in [-0.2, -0.15) is 17.6 Å². The fourth-order valence-electron chi connectivity index (χ4n) is 1.05. The van der Waals surface area contributed by atoms with Crippen molar-refractivity contribution in [2.75, 3.05) is 6.61 Å². The summed E-state index contributed by atoms with van der Waals surface area (Å²) >= 11 is 0. The normalized spacial score (nSPS) is 37.8. The van der Waals surface area contributed by atoms with Crippen molar-refractivity contribution in [1.82, 2.24) is 0 Å². The van der Waals surface area contributed by atoms with Gasteiger partial charge >= 0.3 is 17.7 Å². The van der Waals surface area contributed by atoms with Crippen LogP contribution in [0, 0.1) is 0 Å². The molecule has 1 aliphatic rings. The van der Waals surface area contributed by atoms with E-state index >= 15 is 0 Å². The number of ether oxygens (including phenoxy) is 1. The molecule has 0 amide bonds. The van der Waals surface area contributed by atoms with Gasteiger partial charge in [-0.1, -0.05) is 0 Å². The van der Waals surface area contributed by atoms with Crippen LogP contribution < -0.4 is 0 Å². The zero-order valence-corrected chi connectivity index (χ0v) is 6.79. The molecule has 0 bridgehead atoms. The molecule has 1 aliphatic carbocycles. The Balaban J connectivity index is 2.78. The van der Waals surface area contributed by atoms with Crippen LogP contribution in [0.4, 0.5) is 35.1 Å². The number of halogens is 8. The smallest absolute Gasteiger partial charge is 0.333 e. The van der Waals surface area contributed by atoms with E-state index in [0.29, 0.717) is 0 Å². The number of hydrogen-bond donors (Lipinski definition) is 0. The van der Waals surface area contributed by atoms with E-state index in [1.54, 1.807) is 0 Å². The van der Waals surface area contributed by atoms with Gasteiger partial charge in [-0.3, -0.25) is 0 Å². The van der Waals surface area contributed by atoms with Crippen molar-refractivity contribution in [1.29, 1.82) is 0 Å². The minimum atomic E-state index is -5.45. The van der Waals surface area contributed by atoms with Crippen molar-refractivity contribution >= 4 is 0 Å². The predicted octanol–water partition coefficient (Wildman–Crippen LogP) is 2.56. The van der Waals surface area contributed by atoms with E-state index in [9.17, 15) is 35.1 Å². The Bertz CT molecular complexity index is 254. The summed E-state index contributed by atoms with van der Waals surface area (Å²) in [7, 11) is 0. The summed E-state index contributed by atoms with van der Waals surface area (Å²) in [4.78, 5) is 0. The minimum absolute atomic E-state index is 1.89. The molecule has 1 fully saturated rings. The zero-order chi connectivity index (χ0) is 12.1. The van der Waals surface area contributed by atoms with Crippen molar-refractivity contribution in [2.45, 2.75) is 30.3 Å². The molecule has 90 valence electrons. The zero-order valence-electron chi connectivity index (χ0n) is 6.79. The lowest BCUT2D eigenvalue weighted by atomic mass is 9.80. The van der Waals surface area contributed by atoms with E-state index in [1.165, 1.54) is 0 Å². The second-order valence-electron chi connectivity index (χ2n) is 2.91. The lowest BCUT2D eigenvalue weighted by molar-refractivity contribution is -0.466. The second kappa shape index (κ2) is 3.19. The molecule has 0 aromatic heterocycles. The SMILES string of the molecule is FC(F)COC1(F)C(F)C(F)(F)C1(F)F. The molecule has 0 aliphatic heterocycles. The van der Waals surface area contributed by atoms with Gasteiger partial charge in [0.1, 0.15) is 6.61 Å². The summed E-state index contributed by atoms with van der Waals surface area (Å²) in [5.74, 6) is -15.4. The Hall–Kier alpha value is -0.600. The lowest BCUT2D eigenvalue weighted by Crippen LogP contribution is -2.79. The third-order valence-corrected chi connectivity index (χ3v) is 1.91. The van der Waals surface area contributed by atoms with Gasteiger partial charge in [0.2, 0.25) is 6.17 Å². The third kappa shape index (κ3) is 1.39. The monoisotopic (exact) mass is 244 g/mol. The molecule has 0 radical (unpaired) electrons. The molecular formula is C6H4F8O. The van der Waals surface area contributed by atoms with Crippen LogP contribution >= 0.6 is 0 Å². The lowest BCUT2D eigenvalue weighted by Gasteiger charge is -2.49. The first kappa shape index (κ1) is 12.5. The molecule has 1 nitrogen and oxygen atoms in total. The molecular weight excluding hydrogens is 240 g/mol. The minimum Gasteiger partial charge on any atom is -0.333 e. The van der Waals surface area contributed by atoms with Gasteiger partial charge in [0.05, 0.1) is 0 Å². The average Bonchev–Trinajstić information content (AvgIpc) is 2.11. The van der Waals surface area contributed by atoms with Gasteiger partial charge in [0, 0.05) is 0 Å². The summed E-state index contributed by atoms with van der Waals surface area (Å²) in [5.41, 5.74) is 0. The summed E-state index contributed by atoms with van der Waals surface area (Å²) in [5, 5.41) is 0. The van der Waals surface area contributed by atoms with Crippen molar-refractivity contribution in [3.63, 3.8) is 0 Å². The number of rotatable bonds is 3. The Labute approximate surface area is 78.0 Å². The predicted molar refractivity (Wildman–Crippen MR) is 30.6 cm³/mol. The first-order valence-electron chi connectivity index (χ1n) is 3.58. The largest absolute Gasteiger partial charge is 0.373 e. The molecule has 2 atom stereocenters. The highest BCUT2D eigenvalue weighted by molar-refractivity contribution is 5.18. The molecule has 0 heterocycles. The highest BCUT2D eigenvalue weighted by Gasteiger charge is 2.91. The van der Waals surface area contributed by atoms with Crippen molar-refractivity contribution in [3.8, 4) is 0 Å².